The van der Waals surface area contributed by atoms with Gasteiger partial charge in [0.05, 0.1) is 5.56 Å². The molecule has 0 atom stereocenters. The van der Waals surface area contributed by atoms with Gasteiger partial charge in [-0.05, 0) is 55.2 Å². The lowest BCUT2D eigenvalue weighted by atomic mass is 9.72. The minimum Gasteiger partial charge on any atom is -0.508 e. The number of carbonyl (C=O) groups excluding carboxylic acids is 1. The molecule has 0 aromatic heterocycles. The SMILES string of the molecule is CC(C)(C)C1CCC(OC(=O)c2cccc(O)c2)CC1. The summed E-state index contributed by atoms with van der Waals surface area (Å²) in [6.45, 7) is 6.82. The van der Waals surface area contributed by atoms with Crippen molar-refractivity contribution in [2.24, 2.45) is 11.3 Å². The Hall–Kier alpha value is -1.51. The summed E-state index contributed by atoms with van der Waals surface area (Å²) >= 11 is 0. The van der Waals surface area contributed by atoms with Gasteiger partial charge in [0.15, 0.2) is 0 Å². The maximum atomic E-state index is 12.0. The molecule has 20 heavy (non-hydrogen) atoms. The molecule has 0 spiro atoms. The topological polar surface area (TPSA) is 46.5 Å². The van der Waals surface area contributed by atoms with E-state index in [2.05, 4.69) is 20.8 Å². The summed E-state index contributed by atoms with van der Waals surface area (Å²) in [4.78, 5) is 12.0. The van der Waals surface area contributed by atoms with Gasteiger partial charge in [0.25, 0.3) is 0 Å². The van der Waals surface area contributed by atoms with Crippen LogP contribution in [0.25, 0.3) is 0 Å². The largest absolute Gasteiger partial charge is 0.508 e. The lowest BCUT2D eigenvalue weighted by Crippen LogP contribution is -2.30. The number of esters is 1. The van der Waals surface area contributed by atoms with E-state index >= 15 is 0 Å². The molecular formula is C17H24O3. The molecule has 1 aromatic carbocycles. The van der Waals surface area contributed by atoms with Gasteiger partial charge < -0.3 is 9.84 Å². The van der Waals surface area contributed by atoms with E-state index in [4.69, 9.17) is 4.74 Å². The fraction of sp³-hybridized carbons (Fsp3) is 0.588. The quantitative estimate of drug-likeness (QED) is 0.825. The van der Waals surface area contributed by atoms with Gasteiger partial charge in [0.2, 0.25) is 0 Å². The van der Waals surface area contributed by atoms with E-state index < -0.39 is 0 Å². The van der Waals surface area contributed by atoms with Crippen molar-refractivity contribution in [2.45, 2.75) is 52.6 Å². The van der Waals surface area contributed by atoms with Crippen molar-refractivity contribution in [3.63, 3.8) is 0 Å². The van der Waals surface area contributed by atoms with Crippen molar-refractivity contribution in [1.29, 1.82) is 0 Å². The van der Waals surface area contributed by atoms with Crippen LogP contribution < -0.4 is 0 Å². The molecule has 1 aromatic rings. The summed E-state index contributed by atoms with van der Waals surface area (Å²) in [5.74, 6) is 0.467. The molecule has 3 nitrogen and oxygen atoms in total. The minimum atomic E-state index is -0.333. The van der Waals surface area contributed by atoms with Gasteiger partial charge in [-0.2, -0.15) is 0 Å². The Morgan fingerprint density at radius 2 is 1.85 bits per heavy atom. The van der Waals surface area contributed by atoms with E-state index in [1.165, 1.54) is 6.07 Å². The van der Waals surface area contributed by atoms with E-state index in [1.807, 2.05) is 0 Å². The molecular weight excluding hydrogens is 252 g/mol. The van der Waals surface area contributed by atoms with Crippen molar-refractivity contribution in [2.75, 3.05) is 0 Å². The first-order valence-corrected chi connectivity index (χ1v) is 7.36. The van der Waals surface area contributed by atoms with Crippen molar-refractivity contribution >= 4 is 5.97 Å². The standard InChI is InChI=1S/C17H24O3/c1-17(2,3)13-7-9-15(10-8-13)20-16(19)12-5-4-6-14(18)11-12/h4-6,11,13,15,18H,7-10H2,1-3H3. The number of rotatable bonds is 2. The van der Waals surface area contributed by atoms with Crippen LogP contribution in [-0.2, 0) is 4.74 Å². The Kier molecular flexibility index (Phi) is 4.36. The van der Waals surface area contributed by atoms with E-state index in [-0.39, 0.29) is 17.8 Å². The van der Waals surface area contributed by atoms with Crippen LogP contribution >= 0.6 is 0 Å². The average molecular weight is 276 g/mol. The van der Waals surface area contributed by atoms with Gasteiger partial charge in [-0.15, -0.1) is 0 Å². The summed E-state index contributed by atoms with van der Waals surface area (Å²) < 4.78 is 5.54. The Morgan fingerprint density at radius 3 is 2.40 bits per heavy atom. The van der Waals surface area contributed by atoms with Crippen LogP contribution in [0.1, 0.15) is 56.8 Å². The molecule has 1 aliphatic carbocycles. The van der Waals surface area contributed by atoms with Crippen molar-refractivity contribution in [1.82, 2.24) is 0 Å². The Balaban J connectivity index is 1.88. The Labute approximate surface area is 121 Å². The van der Waals surface area contributed by atoms with Gasteiger partial charge in [0, 0.05) is 0 Å². The van der Waals surface area contributed by atoms with E-state index in [1.54, 1.807) is 18.2 Å². The average Bonchev–Trinajstić information content (AvgIpc) is 2.38. The molecule has 0 heterocycles. The summed E-state index contributed by atoms with van der Waals surface area (Å²) in [5, 5.41) is 9.38. The predicted octanol–water partition coefficient (Wildman–Crippen LogP) is 4.15. The predicted molar refractivity (Wildman–Crippen MR) is 78.7 cm³/mol. The molecule has 0 bridgehead atoms. The number of benzene rings is 1. The zero-order valence-electron chi connectivity index (χ0n) is 12.6. The van der Waals surface area contributed by atoms with Gasteiger partial charge in [0.1, 0.15) is 11.9 Å². The third-order valence-electron chi connectivity index (χ3n) is 4.25. The Bertz CT molecular complexity index is 465. The summed E-state index contributed by atoms with van der Waals surface area (Å²) in [6, 6.07) is 6.32. The zero-order valence-corrected chi connectivity index (χ0v) is 12.6. The second-order valence-electron chi connectivity index (χ2n) is 6.80. The van der Waals surface area contributed by atoms with Crippen LogP contribution in [0.4, 0.5) is 0 Å². The summed E-state index contributed by atoms with van der Waals surface area (Å²) in [5.41, 5.74) is 0.753. The van der Waals surface area contributed by atoms with Crippen LogP contribution in [-0.4, -0.2) is 17.2 Å². The highest BCUT2D eigenvalue weighted by atomic mass is 16.5. The molecule has 0 unspecified atom stereocenters. The summed E-state index contributed by atoms with van der Waals surface area (Å²) in [6.07, 6.45) is 4.12. The lowest BCUT2D eigenvalue weighted by Gasteiger charge is -2.36. The molecule has 1 saturated carbocycles. The first kappa shape index (κ1) is 14.9. The third-order valence-corrected chi connectivity index (χ3v) is 4.25. The fourth-order valence-corrected chi connectivity index (χ4v) is 2.90. The highest BCUT2D eigenvalue weighted by molar-refractivity contribution is 5.89. The smallest absolute Gasteiger partial charge is 0.338 e. The molecule has 110 valence electrons. The highest BCUT2D eigenvalue weighted by Gasteiger charge is 2.31. The first-order valence-electron chi connectivity index (χ1n) is 7.36. The van der Waals surface area contributed by atoms with E-state index in [0.29, 0.717) is 16.9 Å². The normalized spacial score (nSPS) is 23.4. The molecule has 3 heteroatoms. The number of hydrogen-bond donors (Lipinski definition) is 1. The van der Waals surface area contributed by atoms with Crippen molar-refractivity contribution in [3.8, 4) is 5.75 Å². The molecule has 0 radical (unpaired) electrons. The maximum Gasteiger partial charge on any atom is 0.338 e. The molecule has 0 saturated heterocycles. The van der Waals surface area contributed by atoms with Crippen LogP contribution in [0.5, 0.6) is 5.75 Å². The minimum absolute atomic E-state index is 0.0171. The zero-order chi connectivity index (χ0) is 14.8. The Morgan fingerprint density at radius 1 is 1.20 bits per heavy atom. The lowest BCUT2D eigenvalue weighted by molar-refractivity contribution is 0.00926. The molecule has 1 aliphatic rings. The second-order valence-corrected chi connectivity index (χ2v) is 6.80. The van der Waals surface area contributed by atoms with Crippen LogP contribution in [0, 0.1) is 11.3 Å². The number of phenolic OH excluding ortho intramolecular Hbond substituents is 1. The number of hydrogen-bond acceptors (Lipinski definition) is 3. The molecule has 1 fully saturated rings. The molecule has 1 N–H and O–H groups in total. The van der Waals surface area contributed by atoms with Crippen LogP contribution in [0.15, 0.2) is 24.3 Å². The summed E-state index contributed by atoms with van der Waals surface area (Å²) in [7, 11) is 0. The van der Waals surface area contributed by atoms with Gasteiger partial charge in [-0.3, -0.25) is 0 Å². The van der Waals surface area contributed by atoms with Crippen molar-refractivity contribution < 1.29 is 14.6 Å². The highest BCUT2D eigenvalue weighted by Crippen LogP contribution is 2.38. The van der Waals surface area contributed by atoms with Crippen LogP contribution in [0.3, 0.4) is 0 Å². The third kappa shape index (κ3) is 3.75. The molecule has 0 amide bonds. The number of phenols is 1. The van der Waals surface area contributed by atoms with Crippen LogP contribution in [0.2, 0.25) is 0 Å². The maximum absolute atomic E-state index is 12.0. The number of ether oxygens (including phenoxy) is 1. The monoisotopic (exact) mass is 276 g/mol. The molecule has 0 aliphatic heterocycles. The van der Waals surface area contributed by atoms with E-state index in [9.17, 15) is 9.90 Å². The van der Waals surface area contributed by atoms with Gasteiger partial charge >= 0.3 is 5.97 Å². The van der Waals surface area contributed by atoms with E-state index in [0.717, 1.165) is 25.7 Å². The van der Waals surface area contributed by atoms with Crippen molar-refractivity contribution in [3.05, 3.63) is 29.8 Å². The molecule has 2 rings (SSSR count). The fourth-order valence-electron chi connectivity index (χ4n) is 2.90. The number of aromatic hydroxyl groups is 1. The first-order chi connectivity index (χ1) is 9.36. The van der Waals surface area contributed by atoms with Gasteiger partial charge in [-0.25, -0.2) is 4.79 Å². The second kappa shape index (κ2) is 5.86. The number of carbonyl (C=O) groups is 1. The van der Waals surface area contributed by atoms with Gasteiger partial charge in [-0.1, -0.05) is 26.8 Å².